The van der Waals surface area contributed by atoms with Crippen LogP contribution in [0.25, 0.3) is 0 Å². The Kier molecular flexibility index (Phi) is 4.60. The van der Waals surface area contributed by atoms with E-state index in [0.29, 0.717) is 37.4 Å². The summed E-state index contributed by atoms with van der Waals surface area (Å²) in [5.41, 5.74) is -0.273. The topological polar surface area (TPSA) is 95.7 Å². The van der Waals surface area contributed by atoms with Gasteiger partial charge in [0.1, 0.15) is 16.9 Å². The number of hydrogen-bond donors (Lipinski definition) is 1. The van der Waals surface area contributed by atoms with Gasteiger partial charge in [0.05, 0.1) is 6.07 Å². The maximum Gasteiger partial charge on any atom is 0.407 e. The van der Waals surface area contributed by atoms with Crippen LogP contribution in [0, 0.1) is 11.3 Å². The SMILES string of the molecule is COCOc1cccnc1C1(C#N)CCN(C(=O)O)CC1. The van der Waals surface area contributed by atoms with E-state index in [0.717, 1.165) is 0 Å². The molecule has 0 aliphatic carbocycles. The minimum Gasteiger partial charge on any atom is -0.466 e. The maximum atomic E-state index is 11.0. The first kappa shape index (κ1) is 15.1. The van der Waals surface area contributed by atoms with Crippen LogP contribution in [0.2, 0.25) is 0 Å². The number of ether oxygens (including phenoxy) is 2. The first-order chi connectivity index (χ1) is 10.1. The van der Waals surface area contributed by atoms with Crippen LogP contribution in [0.3, 0.4) is 0 Å². The van der Waals surface area contributed by atoms with E-state index in [4.69, 9.17) is 14.6 Å². The van der Waals surface area contributed by atoms with Gasteiger partial charge >= 0.3 is 6.09 Å². The third-order valence-electron chi connectivity index (χ3n) is 3.66. The van der Waals surface area contributed by atoms with E-state index in [-0.39, 0.29) is 6.79 Å². The highest BCUT2D eigenvalue weighted by atomic mass is 16.7. The Balaban J connectivity index is 2.26. The van der Waals surface area contributed by atoms with Gasteiger partial charge in [0.2, 0.25) is 0 Å². The average Bonchev–Trinajstić information content (AvgIpc) is 2.53. The number of likely N-dealkylation sites (tertiary alicyclic amines) is 1. The predicted octanol–water partition coefficient (Wildman–Crippen LogP) is 1.60. The molecule has 0 aromatic carbocycles. The number of piperidine rings is 1. The van der Waals surface area contributed by atoms with Crippen molar-refractivity contribution >= 4 is 6.09 Å². The van der Waals surface area contributed by atoms with Gasteiger partial charge < -0.3 is 19.5 Å². The first-order valence-electron chi connectivity index (χ1n) is 6.59. The summed E-state index contributed by atoms with van der Waals surface area (Å²) in [4.78, 5) is 16.6. The summed E-state index contributed by atoms with van der Waals surface area (Å²) < 4.78 is 10.4. The van der Waals surface area contributed by atoms with Crippen LogP contribution in [-0.4, -0.2) is 48.1 Å². The molecule has 1 N–H and O–H groups in total. The summed E-state index contributed by atoms with van der Waals surface area (Å²) in [6.45, 7) is 0.688. The van der Waals surface area contributed by atoms with Gasteiger partial charge in [0.15, 0.2) is 6.79 Å². The Morgan fingerprint density at radius 2 is 2.29 bits per heavy atom. The summed E-state index contributed by atoms with van der Waals surface area (Å²) in [5.74, 6) is 0.504. The predicted molar refractivity (Wildman–Crippen MR) is 72.9 cm³/mol. The third-order valence-corrected chi connectivity index (χ3v) is 3.66. The van der Waals surface area contributed by atoms with Crippen molar-refractivity contribution in [3.8, 4) is 11.8 Å². The lowest BCUT2D eigenvalue weighted by atomic mass is 9.76. The molecule has 1 aromatic rings. The van der Waals surface area contributed by atoms with Crippen molar-refractivity contribution in [3.05, 3.63) is 24.0 Å². The second-order valence-electron chi connectivity index (χ2n) is 4.86. The van der Waals surface area contributed by atoms with Crippen molar-refractivity contribution in [1.82, 2.24) is 9.88 Å². The highest BCUT2D eigenvalue weighted by Gasteiger charge is 2.41. The smallest absolute Gasteiger partial charge is 0.407 e. The number of carboxylic acid groups (broad SMARTS) is 1. The minimum absolute atomic E-state index is 0.0709. The van der Waals surface area contributed by atoms with E-state index in [2.05, 4.69) is 11.1 Å². The van der Waals surface area contributed by atoms with Gasteiger partial charge in [-0.2, -0.15) is 5.26 Å². The molecule has 0 radical (unpaired) electrons. The molecule has 1 aliphatic rings. The van der Waals surface area contributed by atoms with Gasteiger partial charge in [-0.15, -0.1) is 0 Å². The molecular weight excluding hydrogens is 274 g/mol. The maximum absolute atomic E-state index is 11.0. The lowest BCUT2D eigenvalue weighted by Gasteiger charge is -2.36. The minimum atomic E-state index is -0.960. The fraction of sp³-hybridized carbons (Fsp3) is 0.500. The Bertz CT molecular complexity index is 547. The number of hydrogen-bond acceptors (Lipinski definition) is 5. The van der Waals surface area contributed by atoms with Crippen LogP contribution in [-0.2, 0) is 10.2 Å². The number of amides is 1. The van der Waals surface area contributed by atoms with E-state index in [9.17, 15) is 10.1 Å². The molecule has 112 valence electrons. The molecule has 0 spiro atoms. The zero-order valence-electron chi connectivity index (χ0n) is 11.8. The van der Waals surface area contributed by atoms with Crippen molar-refractivity contribution in [3.63, 3.8) is 0 Å². The Morgan fingerprint density at radius 1 is 1.57 bits per heavy atom. The van der Waals surface area contributed by atoms with Crippen molar-refractivity contribution in [2.75, 3.05) is 27.0 Å². The molecule has 7 nitrogen and oxygen atoms in total. The van der Waals surface area contributed by atoms with E-state index in [1.807, 2.05) is 0 Å². The van der Waals surface area contributed by atoms with Gasteiger partial charge in [-0.1, -0.05) is 0 Å². The number of nitrogens with zero attached hydrogens (tertiary/aromatic N) is 3. The Hall–Kier alpha value is -2.33. The monoisotopic (exact) mass is 291 g/mol. The summed E-state index contributed by atoms with van der Waals surface area (Å²) in [6, 6.07) is 5.78. The van der Waals surface area contributed by atoms with Crippen LogP contribution in [0.5, 0.6) is 5.75 Å². The number of aromatic nitrogens is 1. The number of nitriles is 1. The van der Waals surface area contributed by atoms with Crippen LogP contribution in [0.4, 0.5) is 4.79 Å². The summed E-state index contributed by atoms with van der Waals surface area (Å²) in [5, 5.41) is 18.6. The molecule has 7 heteroatoms. The largest absolute Gasteiger partial charge is 0.466 e. The number of methoxy groups -OCH3 is 1. The fourth-order valence-corrected chi connectivity index (χ4v) is 2.47. The lowest BCUT2D eigenvalue weighted by molar-refractivity contribution is 0.0487. The van der Waals surface area contributed by atoms with Crippen LogP contribution in [0.1, 0.15) is 18.5 Å². The van der Waals surface area contributed by atoms with Gasteiger partial charge in [-0.05, 0) is 25.0 Å². The van der Waals surface area contributed by atoms with E-state index in [1.54, 1.807) is 18.3 Å². The highest BCUT2D eigenvalue weighted by Crippen LogP contribution is 2.38. The first-order valence-corrected chi connectivity index (χ1v) is 6.59. The summed E-state index contributed by atoms with van der Waals surface area (Å²) in [7, 11) is 1.52. The second kappa shape index (κ2) is 6.41. The highest BCUT2D eigenvalue weighted by molar-refractivity contribution is 5.65. The molecule has 0 atom stereocenters. The van der Waals surface area contributed by atoms with Crippen LogP contribution < -0.4 is 4.74 Å². The van der Waals surface area contributed by atoms with Gasteiger partial charge in [-0.3, -0.25) is 4.98 Å². The fourth-order valence-electron chi connectivity index (χ4n) is 2.47. The molecule has 0 unspecified atom stereocenters. The van der Waals surface area contributed by atoms with E-state index in [1.165, 1.54) is 12.0 Å². The molecule has 2 rings (SSSR count). The molecule has 1 saturated heterocycles. The molecule has 0 saturated carbocycles. The van der Waals surface area contributed by atoms with Crippen molar-refractivity contribution in [2.24, 2.45) is 0 Å². The Morgan fingerprint density at radius 3 is 2.86 bits per heavy atom. The molecule has 2 heterocycles. The second-order valence-corrected chi connectivity index (χ2v) is 4.86. The normalized spacial score (nSPS) is 17.0. The molecule has 0 bridgehead atoms. The van der Waals surface area contributed by atoms with Gasteiger partial charge in [-0.25, -0.2) is 4.79 Å². The lowest BCUT2D eigenvalue weighted by Crippen LogP contribution is -2.44. The molecule has 21 heavy (non-hydrogen) atoms. The van der Waals surface area contributed by atoms with Crippen molar-refractivity contribution < 1.29 is 19.4 Å². The molecule has 1 aliphatic heterocycles. The van der Waals surface area contributed by atoms with Gasteiger partial charge in [0, 0.05) is 26.4 Å². The van der Waals surface area contributed by atoms with Crippen LogP contribution in [0.15, 0.2) is 18.3 Å². The third kappa shape index (κ3) is 3.06. The Labute approximate surface area is 122 Å². The van der Waals surface area contributed by atoms with Crippen LogP contribution >= 0.6 is 0 Å². The summed E-state index contributed by atoms with van der Waals surface area (Å²) in [6.07, 6.45) is 1.45. The van der Waals surface area contributed by atoms with Crippen molar-refractivity contribution in [2.45, 2.75) is 18.3 Å². The zero-order chi connectivity index (χ0) is 15.3. The molecule has 1 fully saturated rings. The number of pyridine rings is 1. The van der Waals surface area contributed by atoms with E-state index >= 15 is 0 Å². The van der Waals surface area contributed by atoms with Gasteiger partial charge in [0.25, 0.3) is 0 Å². The van der Waals surface area contributed by atoms with Crippen molar-refractivity contribution in [1.29, 1.82) is 5.26 Å². The molecule has 1 aromatic heterocycles. The number of carbonyl (C=O) groups is 1. The molecule has 1 amide bonds. The number of rotatable bonds is 4. The van der Waals surface area contributed by atoms with E-state index < -0.39 is 11.5 Å². The average molecular weight is 291 g/mol. The molecular formula is C14H17N3O4. The standard InChI is InChI=1S/C14H17N3O4/c1-20-10-21-11-3-2-6-16-12(11)14(9-15)4-7-17(8-5-14)13(18)19/h2-3,6H,4-5,7-8,10H2,1H3,(H,18,19). The zero-order valence-corrected chi connectivity index (χ0v) is 11.8. The summed E-state index contributed by atoms with van der Waals surface area (Å²) >= 11 is 0. The quantitative estimate of drug-likeness (QED) is 0.846.